The highest BCUT2D eigenvalue weighted by atomic mass is 32.1. The third kappa shape index (κ3) is 2.19. The molecule has 0 aliphatic carbocycles. The lowest BCUT2D eigenvalue weighted by Crippen LogP contribution is -2.01. The molecule has 0 fully saturated rings. The number of nitrogen functional groups attached to an aromatic ring is 1. The molecule has 0 saturated heterocycles. The second kappa shape index (κ2) is 4.75. The van der Waals surface area contributed by atoms with Gasteiger partial charge in [0, 0.05) is 41.4 Å². The Labute approximate surface area is 125 Å². The van der Waals surface area contributed by atoms with E-state index in [1.54, 1.807) is 17.5 Å². The normalized spacial score (nSPS) is 11.2. The molecule has 4 rings (SSSR count). The number of hydrogen-bond acceptors (Lipinski definition) is 4. The summed E-state index contributed by atoms with van der Waals surface area (Å²) in [6, 6.07) is 7.77. The first-order chi connectivity index (χ1) is 10.3. The van der Waals surface area contributed by atoms with Gasteiger partial charge in [0.1, 0.15) is 5.82 Å². The van der Waals surface area contributed by atoms with Gasteiger partial charge < -0.3 is 10.3 Å². The van der Waals surface area contributed by atoms with Crippen LogP contribution >= 0.6 is 11.3 Å². The number of benzene rings is 1. The topological polar surface area (TPSA) is 61.1 Å². The smallest absolute Gasteiger partial charge is 0.193 e. The van der Waals surface area contributed by atoms with Crippen LogP contribution in [0.15, 0.2) is 54.4 Å². The third-order valence-corrected chi connectivity index (χ3v) is 4.11. The molecule has 0 aliphatic heterocycles. The monoisotopic (exact) mass is 295 g/mol. The molecule has 0 bridgehead atoms. The van der Waals surface area contributed by atoms with Crippen molar-refractivity contribution in [3.05, 3.63) is 60.1 Å². The van der Waals surface area contributed by atoms with Gasteiger partial charge in [0.15, 0.2) is 4.96 Å². The second-order valence-corrected chi connectivity index (χ2v) is 5.70. The van der Waals surface area contributed by atoms with Crippen LogP contribution in [0, 0.1) is 0 Å². The van der Waals surface area contributed by atoms with Crippen LogP contribution in [0.1, 0.15) is 5.69 Å². The van der Waals surface area contributed by atoms with Gasteiger partial charge in [-0.3, -0.25) is 4.40 Å². The minimum atomic E-state index is 0.693. The van der Waals surface area contributed by atoms with E-state index in [0.29, 0.717) is 6.54 Å². The van der Waals surface area contributed by atoms with E-state index >= 15 is 0 Å². The van der Waals surface area contributed by atoms with Crippen LogP contribution in [-0.4, -0.2) is 18.9 Å². The molecule has 0 aliphatic rings. The number of rotatable bonds is 3. The van der Waals surface area contributed by atoms with Crippen LogP contribution in [0.25, 0.3) is 16.3 Å². The first kappa shape index (κ1) is 12.2. The summed E-state index contributed by atoms with van der Waals surface area (Å²) in [7, 11) is 0. The lowest BCUT2D eigenvalue weighted by atomic mass is 10.2. The van der Waals surface area contributed by atoms with Crippen LogP contribution in [0.4, 0.5) is 5.69 Å². The van der Waals surface area contributed by atoms with Crippen molar-refractivity contribution < 1.29 is 0 Å². The summed E-state index contributed by atoms with van der Waals surface area (Å²) in [4.78, 5) is 10.1. The van der Waals surface area contributed by atoms with E-state index in [1.807, 2.05) is 46.4 Å². The Bertz CT molecular complexity index is 873. The lowest BCUT2D eigenvalue weighted by Gasteiger charge is -2.06. The number of nitrogens with zero attached hydrogens (tertiary/aromatic N) is 4. The Balaban J connectivity index is 1.70. The van der Waals surface area contributed by atoms with Crippen molar-refractivity contribution in [2.75, 3.05) is 5.73 Å². The van der Waals surface area contributed by atoms with Crippen molar-refractivity contribution in [1.82, 2.24) is 18.9 Å². The highest BCUT2D eigenvalue weighted by Crippen LogP contribution is 2.21. The van der Waals surface area contributed by atoms with Gasteiger partial charge in [-0.05, 0) is 12.1 Å². The maximum absolute atomic E-state index is 5.85. The fourth-order valence-corrected chi connectivity index (χ4v) is 3.12. The molecule has 104 valence electrons. The van der Waals surface area contributed by atoms with Gasteiger partial charge >= 0.3 is 0 Å². The van der Waals surface area contributed by atoms with Gasteiger partial charge in [0.2, 0.25) is 0 Å². The summed E-state index contributed by atoms with van der Waals surface area (Å²) in [6.45, 7) is 0.693. The standard InChI is InChI=1S/C15H13N5S/c16-12-3-1-2-11(8-12)14-17-4-5-19(14)9-13-10-20-6-7-21-15(20)18-13/h1-8,10H,9,16H2. The molecule has 3 heterocycles. The summed E-state index contributed by atoms with van der Waals surface area (Å²) in [5.41, 5.74) is 8.63. The molecule has 0 atom stereocenters. The molecule has 5 nitrogen and oxygen atoms in total. The first-order valence-electron chi connectivity index (χ1n) is 6.58. The molecular weight excluding hydrogens is 282 g/mol. The predicted octanol–water partition coefficient (Wildman–Crippen LogP) is 2.89. The predicted molar refractivity (Wildman–Crippen MR) is 84.2 cm³/mol. The highest BCUT2D eigenvalue weighted by Gasteiger charge is 2.09. The number of imidazole rings is 2. The maximum atomic E-state index is 5.85. The van der Waals surface area contributed by atoms with Crippen molar-refractivity contribution in [2.24, 2.45) is 0 Å². The number of fused-ring (bicyclic) bond motifs is 1. The molecule has 0 unspecified atom stereocenters. The highest BCUT2D eigenvalue weighted by molar-refractivity contribution is 7.15. The largest absolute Gasteiger partial charge is 0.399 e. The summed E-state index contributed by atoms with van der Waals surface area (Å²) in [6.07, 6.45) is 7.83. The molecule has 0 radical (unpaired) electrons. The van der Waals surface area contributed by atoms with Crippen molar-refractivity contribution >= 4 is 22.0 Å². The van der Waals surface area contributed by atoms with E-state index in [9.17, 15) is 0 Å². The molecule has 0 amide bonds. The Morgan fingerprint density at radius 1 is 1.24 bits per heavy atom. The molecule has 4 aromatic rings. The van der Waals surface area contributed by atoms with E-state index in [4.69, 9.17) is 5.73 Å². The summed E-state index contributed by atoms with van der Waals surface area (Å²) < 4.78 is 4.12. The molecule has 0 saturated carbocycles. The summed E-state index contributed by atoms with van der Waals surface area (Å²) in [5.74, 6) is 0.902. The number of thiazole rings is 1. The third-order valence-electron chi connectivity index (χ3n) is 3.34. The van der Waals surface area contributed by atoms with Crippen LogP contribution in [0.2, 0.25) is 0 Å². The van der Waals surface area contributed by atoms with E-state index in [2.05, 4.69) is 20.7 Å². The fourth-order valence-electron chi connectivity index (χ4n) is 2.40. The average Bonchev–Trinajstić information content (AvgIpc) is 3.14. The summed E-state index contributed by atoms with van der Waals surface area (Å²) >= 11 is 1.63. The number of anilines is 1. The van der Waals surface area contributed by atoms with E-state index < -0.39 is 0 Å². The van der Waals surface area contributed by atoms with Gasteiger partial charge in [-0.15, -0.1) is 11.3 Å². The van der Waals surface area contributed by atoms with Gasteiger partial charge in [-0.1, -0.05) is 12.1 Å². The van der Waals surface area contributed by atoms with Crippen LogP contribution in [0.5, 0.6) is 0 Å². The second-order valence-electron chi connectivity index (χ2n) is 4.83. The van der Waals surface area contributed by atoms with E-state index in [-0.39, 0.29) is 0 Å². The number of nitrogens with two attached hydrogens (primary N) is 1. The zero-order valence-electron chi connectivity index (χ0n) is 11.2. The zero-order valence-corrected chi connectivity index (χ0v) is 12.0. The van der Waals surface area contributed by atoms with Gasteiger partial charge in [0.05, 0.1) is 12.2 Å². The molecule has 3 aromatic heterocycles. The molecular formula is C15H13N5S. The van der Waals surface area contributed by atoms with Crippen LogP contribution in [0.3, 0.4) is 0 Å². The minimum Gasteiger partial charge on any atom is -0.399 e. The van der Waals surface area contributed by atoms with Gasteiger partial charge in [-0.25, -0.2) is 9.97 Å². The molecule has 0 spiro atoms. The first-order valence-corrected chi connectivity index (χ1v) is 7.46. The lowest BCUT2D eigenvalue weighted by molar-refractivity contribution is 0.788. The van der Waals surface area contributed by atoms with Gasteiger partial charge in [-0.2, -0.15) is 0 Å². The van der Waals surface area contributed by atoms with Crippen LogP contribution < -0.4 is 5.73 Å². The average molecular weight is 295 g/mol. The van der Waals surface area contributed by atoms with Crippen molar-refractivity contribution in [3.63, 3.8) is 0 Å². The van der Waals surface area contributed by atoms with Crippen LogP contribution in [-0.2, 0) is 6.54 Å². The Kier molecular flexibility index (Phi) is 2.75. The fraction of sp³-hybridized carbons (Fsp3) is 0.0667. The Morgan fingerprint density at radius 2 is 2.19 bits per heavy atom. The van der Waals surface area contributed by atoms with E-state index in [0.717, 1.165) is 27.7 Å². The van der Waals surface area contributed by atoms with E-state index in [1.165, 1.54) is 0 Å². The van der Waals surface area contributed by atoms with Crippen molar-refractivity contribution in [2.45, 2.75) is 6.54 Å². The molecule has 2 N–H and O–H groups in total. The number of hydrogen-bond donors (Lipinski definition) is 1. The SMILES string of the molecule is Nc1cccc(-c2nccn2Cc2cn3ccsc3n2)c1. The molecule has 21 heavy (non-hydrogen) atoms. The minimum absolute atomic E-state index is 0.693. The van der Waals surface area contributed by atoms with Gasteiger partial charge in [0.25, 0.3) is 0 Å². The number of aromatic nitrogens is 4. The Morgan fingerprint density at radius 3 is 3.05 bits per heavy atom. The summed E-state index contributed by atoms with van der Waals surface area (Å²) in [5, 5.41) is 2.03. The maximum Gasteiger partial charge on any atom is 0.193 e. The van der Waals surface area contributed by atoms with Crippen molar-refractivity contribution in [3.8, 4) is 11.4 Å². The molecule has 1 aromatic carbocycles. The quantitative estimate of drug-likeness (QED) is 0.591. The zero-order chi connectivity index (χ0) is 14.2. The Hall–Kier alpha value is -2.60. The van der Waals surface area contributed by atoms with Crippen molar-refractivity contribution in [1.29, 1.82) is 0 Å². The molecule has 6 heteroatoms.